The third-order valence-electron chi connectivity index (χ3n) is 4.99. The third kappa shape index (κ3) is 4.60. The fourth-order valence-corrected chi connectivity index (χ4v) is 3.63. The molecule has 1 N–H and O–H groups in total. The van der Waals surface area contributed by atoms with Gasteiger partial charge in [0.1, 0.15) is 0 Å². The third-order valence-corrected chi connectivity index (χ3v) is 5.35. The van der Waals surface area contributed by atoms with E-state index < -0.39 is 0 Å². The Morgan fingerprint density at radius 3 is 2.83 bits per heavy atom. The Balaban J connectivity index is 1.56. The number of halogens is 1. The maximum atomic E-state index is 6.49. The van der Waals surface area contributed by atoms with Crippen LogP contribution in [0.4, 0.5) is 5.69 Å². The quantitative estimate of drug-likeness (QED) is 0.808. The Kier molecular flexibility index (Phi) is 6.17. The van der Waals surface area contributed by atoms with Crippen LogP contribution in [0, 0.1) is 5.92 Å². The SMILES string of the molecule is CN1CCN(c2cccc(Cl)c2CNCCC2CCOC2)CC1. The average Bonchev–Trinajstić information content (AvgIpc) is 3.07. The van der Waals surface area contributed by atoms with E-state index in [1.54, 1.807) is 0 Å². The summed E-state index contributed by atoms with van der Waals surface area (Å²) in [6.45, 7) is 8.11. The van der Waals surface area contributed by atoms with Crippen LogP contribution >= 0.6 is 11.6 Å². The summed E-state index contributed by atoms with van der Waals surface area (Å²) < 4.78 is 5.44. The predicted molar refractivity (Wildman–Crippen MR) is 96.4 cm³/mol. The van der Waals surface area contributed by atoms with Crippen molar-refractivity contribution < 1.29 is 4.74 Å². The molecular weight excluding hydrogens is 310 g/mol. The average molecular weight is 338 g/mol. The van der Waals surface area contributed by atoms with Gasteiger partial charge < -0.3 is 19.9 Å². The minimum absolute atomic E-state index is 0.728. The summed E-state index contributed by atoms with van der Waals surface area (Å²) in [5.74, 6) is 0.728. The molecule has 4 nitrogen and oxygen atoms in total. The highest BCUT2D eigenvalue weighted by molar-refractivity contribution is 6.31. The first-order valence-electron chi connectivity index (χ1n) is 8.73. The highest BCUT2D eigenvalue weighted by atomic mass is 35.5. The Hall–Kier alpha value is -0.810. The number of benzene rings is 1. The Bertz CT molecular complexity index is 497. The topological polar surface area (TPSA) is 27.7 Å². The second kappa shape index (κ2) is 8.34. The second-order valence-corrected chi connectivity index (χ2v) is 7.13. The highest BCUT2D eigenvalue weighted by Crippen LogP contribution is 2.28. The van der Waals surface area contributed by atoms with Crippen LogP contribution in [0.1, 0.15) is 18.4 Å². The number of rotatable bonds is 6. The molecular formula is C18H28ClN3O. The molecule has 128 valence electrons. The maximum absolute atomic E-state index is 6.49. The number of piperazine rings is 1. The Morgan fingerprint density at radius 1 is 1.26 bits per heavy atom. The van der Waals surface area contributed by atoms with Crippen molar-refractivity contribution in [2.45, 2.75) is 19.4 Å². The van der Waals surface area contributed by atoms with E-state index in [0.717, 1.165) is 63.4 Å². The zero-order valence-corrected chi connectivity index (χ0v) is 14.8. The van der Waals surface area contributed by atoms with Crippen molar-refractivity contribution in [3.63, 3.8) is 0 Å². The van der Waals surface area contributed by atoms with Crippen LogP contribution in [-0.2, 0) is 11.3 Å². The minimum Gasteiger partial charge on any atom is -0.381 e. The number of ether oxygens (including phenoxy) is 1. The monoisotopic (exact) mass is 337 g/mol. The van der Waals surface area contributed by atoms with Crippen LogP contribution in [0.2, 0.25) is 5.02 Å². The molecule has 0 bridgehead atoms. The lowest BCUT2D eigenvalue weighted by Gasteiger charge is -2.35. The molecule has 2 aliphatic heterocycles. The molecule has 0 amide bonds. The van der Waals surface area contributed by atoms with Crippen molar-refractivity contribution in [3.05, 3.63) is 28.8 Å². The zero-order chi connectivity index (χ0) is 16.1. The molecule has 3 rings (SSSR count). The molecule has 1 atom stereocenters. The van der Waals surface area contributed by atoms with Crippen molar-refractivity contribution >= 4 is 17.3 Å². The van der Waals surface area contributed by atoms with Crippen LogP contribution in [0.25, 0.3) is 0 Å². The molecule has 1 unspecified atom stereocenters. The van der Waals surface area contributed by atoms with Gasteiger partial charge in [0.15, 0.2) is 0 Å². The number of hydrogen-bond acceptors (Lipinski definition) is 4. The summed E-state index contributed by atoms with van der Waals surface area (Å²) >= 11 is 6.49. The van der Waals surface area contributed by atoms with Gasteiger partial charge >= 0.3 is 0 Å². The first-order valence-corrected chi connectivity index (χ1v) is 9.11. The van der Waals surface area contributed by atoms with E-state index in [9.17, 15) is 0 Å². The van der Waals surface area contributed by atoms with Gasteiger partial charge in [-0.05, 0) is 44.5 Å². The normalized spacial score (nSPS) is 22.7. The van der Waals surface area contributed by atoms with Crippen LogP contribution in [0.5, 0.6) is 0 Å². The lowest BCUT2D eigenvalue weighted by atomic mass is 10.1. The molecule has 23 heavy (non-hydrogen) atoms. The lowest BCUT2D eigenvalue weighted by molar-refractivity contribution is 0.184. The van der Waals surface area contributed by atoms with Crippen molar-refractivity contribution in [2.75, 3.05) is 57.9 Å². The number of nitrogens with one attached hydrogen (secondary N) is 1. The van der Waals surface area contributed by atoms with E-state index in [1.807, 2.05) is 6.07 Å². The van der Waals surface area contributed by atoms with Crippen LogP contribution in [-0.4, -0.2) is 57.9 Å². The van der Waals surface area contributed by atoms with Gasteiger partial charge in [-0.25, -0.2) is 0 Å². The van der Waals surface area contributed by atoms with Gasteiger partial charge in [-0.2, -0.15) is 0 Å². The van der Waals surface area contributed by atoms with Crippen molar-refractivity contribution in [1.29, 1.82) is 0 Å². The Labute approximate surface area is 144 Å². The summed E-state index contributed by atoms with van der Waals surface area (Å²) in [5, 5.41) is 4.45. The molecule has 0 aliphatic carbocycles. The first kappa shape index (κ1) is 17.0. The summed E-state index contributed by atoms with van der Waals surface area (Å²) in [7, 11) is 2.19. The molecule has 1 aromatic rings. The number of hydrogen-bond donors (Lipinski definition) is 1. The number of anilines is 1. The summed E-state index contributed by atoms with van der Waals surface area (Å²) in [4.78, 5) is 4.84. The molecule has 1 aromatic carbocycles. The fourth-order valence-electron chi connectivity index (χ4n) is 3.40. The van der Waals surface area contributed by atoms with Crippen LogP contribution in [0.3, 0.4) is 0 Å². The van der Waals surface area contributed by atoms with Gasteiger partial charge in [0.25, 0.3) is 0 Å². The highest BCUT2D eigenvalue weighted by Gasteiger charge is 2.19. The van der Waals surface area contributed by atoms with Crippen LogP contribution in [0.15, 0.2) is 18.2 Å². The van der Waals surface area contributed by atoms with Crippen LogP contribution < -0.4 is 10.2 Å². The largest absolute Gasteiger partial charge is 0.381 e. The molecule has 5 heteroatoms. The second-order valence-electron chi connectivity index (χ2n) is 6.72. The molecule has 0 radical (unpaired) electrons. The maximum Gasteiger partial charge on any atom is 0.0495 e. The van der Waals surface area contributed by atoms with Gasteiger partial charge in [-0.3, -0.25) is 0 Å². The van der Waals surface area contributed by atoms with E-state index in [4.69, 9.17) is 16.3 Å². The van der Waals surface area contributed by atoms with E-state index in [0.29, 0.717) is 0 Å². The van der Waals surface area contributed by atoms with Gasteiger partial charge in [0.2, 0.25) is 0 Å². The summed E-state index contributed by atoms with van der Waals surface area (Å²) in [6, 6.07) is 6.28. The van der Waals surface area contributed by atoms with E-state index in [-0.39, 0.29) is 0 Å². The van der Waals surface area contributed by atoms with E-state index in [2.05, 4.69) is 34.3 Å². The summed E-state index contributed by atoms with van der Waals surface area (Å²) in [6.07, 6.45) is 2.40. The van der Waals surface area contributed by atoms with Gasteiger partial charge in [-0.1, -0.05) is 17.7 Å². The van der Waals surface area contributed by atoms with Gasteiger partial charge in [-0.15, -0.1) is 0 Å². The van der Waals surface area contributed by atoms with E-state index >= 15 is 0 Å². The molecule has 2 fully saturated rings. The van der Waals surface area contributed by atoms with Gasteiger partial charge in [0.05, 0.1) is 0 Å². The van der Waals surface area contributed by atoms with Crippen molar-refractivity contribution in [3.8, 4) is 0 Å². The van der Waals surface area contributed by atoms with Crippen molar-refractivity contribution in [2.24, 2.45) is 5.92 Å². The molecule has 0 saturated carbocycles. The van der Waals surface area contributed by atoms with E-state index in [1.165, 1.54) is 24.1 Å². The number of nitrogens with zero attached hydrogens (tertiary/aromatic N) is 2. The minimum atomic E-state index is 0.728. The Morgan fingerprint density at radius 2 is 2.09 bits per heavy atom. The molecule has 2 heterocycles. The molecule has 0 aromatic heterocycles. The zero-order valence-electron chi connectivity index (χ0n) is 14.1. The van der Waals surface area contributed by atoms with Crippen molar-refractivity contribution in [1.82, 2.24) is 10.2 Å². The fraction of sp³-hybridized carbons (Fsp3) is 0.667. The first-order chi connectivity index (χ1) is 11.2. The predicted octanol–water partition coefficient (Wildman–Crippen LogP) is 2.61. The lowest BCUT2D eigenvalue weighted by Crippen LogP contribution is -2.45. The van der Waals surface area contributed by atoms with Gasteiger partial charge in [0, 0.05) is 62.2 Å². The molecule has 0 spiro atoms. The molecule has 2 saturated heterocycles. The smallest absolute Gasteiger partial charge is 0.0495 e. The molecule has 2 aliphatic rings. The number of likely N-dealkylation sites (N-methyl/N-ethyl adjacent to an activating group) is 1. The summed E-state index contributed by atoms with van der Waals surface area (Å²) in [5.41, 5.74) is 2.53. The standard InChI is InChI=1S/C18H28ClN3O/c1-21-8-10-22(11-9-21)18-4-2-3-17(19)16(18)13-20-7-5-15-6-12-23-14-15/h2-4,15,20H,5-14H2,1H3.